The van der Waals surface area contributed by atoms with Crippen molar-refractivity contribution in [1.29, 1.82) is 0 Å². The Hall–Kier alpha value is -1.10. The first kappa shape index (κ1) is 15.8. The molecule has 3 rings (SSSR count). The summed E-state index contributed by atoms with van der Waals surface area (Å²) < 4.78 is 0. The number of amides is 2. The number of piperazine rings is 1. The largest absolute Gasteiger partial charge is 0.343 e. The maximum absolute atomic E-state index is 12.6. The molecule has 1 unspecified atom stereocenters. The van der Waals surface area contributed by atoms with E-state index in [1.807, 2.05) is 9.80 Å². The molecule has 0 radical (unpaired) electrons. The number of hydrogen-bond donors (Lipinski definition) is 1. The van der Waals surface area contributed by atoms with Crippen molar-refractivity contribution in [1.82, 2.24) is 15.1 Å². The zero-order chi connectivity index (χ0) is 15.4. The zero-order valence-electron chi connectivity index (χ0n) is 13.6. The van der Waals surface area contributed by atoms with Gasteiger partial charge in [0.05, 0.1) is 12.5 Å². The number of carbonyl (C=O) groups is 2. The van der Waals surface area contributed by atoms with E-state index in [1.54, 1.807) is 0 Å². The molecule has 0 aromatic rings. The average molecular weight is 307 g/mol. The number of hydrogen-bond acceptors (Lipinski definition) is 3. The average Bonchev–Trinajstić information content (AvgIpc) is 2.75. The summed E-state index contributed by atoms with van der Waals surface area (Å²) in [4.78, 5) is 29.0. The summed E-state index contributed by atoms with van der Waals surface area (Å²) in [5.74, 6) is 0.989. The quantitative estimate of drug-likeness (QED) is 0.854. The first-order valence-electron chi connectivity index (χ1n) is 9.04. The Morgan fingerprint density at radius 1 is 1.05 bits per heavy atom. The van der Waals surface area contributed by atoms with E-state index in [0.717, 1.165) is 45.6 Å². The van der Waals surface area contributed by atoms with E-state index in [0.29, 0.717) is 12.3 Å². The predicted octanol–water partition coefficient (Wildman–Crippen LogP) is 1.38. The zero-order valence-corrected chi connectivity index (χ0v) is 13.6. The lowest BCUT2D eigenvalue weighted by molar-refractivity contribution is -0.141. The summed E-state index contributed by atoms with van der Waals surface area (Å²) >= 11 is 0. The number of likely N-dealkylation sites (tertiary alicyclic amines) is 1. The molecule has 0 bridgehead atoms. The van der Waals surface area contributed by atoms with Crippen LogP contribution in [0.1, 0.15) is 51.4 Å². The Kier molecular flexibility index (Phi) is 5.34. The van der Waals surface area contributed by atoms with Gasteiger partial charge in [0.25, 0.3) is 0 Å². The van der Waals surface area contributed by atoms with Crippen molar-refractivity contribution in [3.05, 3.63) is 0 Å². The van der Waals surface area contributed by atoms with Crippen molar-refractivity contribution in [2.75, 3.05) is 32.7 Å². The van der Waals surface area contributed by atoms with Crippen molar-refractivity contribution < 1.29 is 9.59 Å². The molecule has 3 fully saturated rings. The third-order valence-corrected chi connectivity index (χ3v) is 5.42. The molecule has 3 aliphatic rings. The summed E-state index contributed by atoms with van der Waals surface area (Å²) in [7, 11) is 0. The monoisotopic (exact) mass is 307 g/mol. The van der Waals surface area contributed by atoms with Crippen molar-refractivity contribution in [3.8, 4) is 0 Å². The fraction of sp³-hybridized carbons (Fsp3) is 0.882. The SMILES string of the molecule is O=C(CC1NCCN(CC2CCC2)C1=O)N1CCCCCC1. The molecule has 1 aliphatic carbocycles. The lowest BCUT2D eigenvalue weighted by Gasteiger charge is -2.38. The van der Waals surface area contributed by atoms with E-state index in [1.165, 1.54) is 32.1 Å². The van der Waals surface area contributed by atoms with Crippen LogP contribution >= 0.6 is 0 Å². The minimum Gasteiger partial charge on any atom is -0.343 e. The molecule has 2 heterocycles. The van der Waals surface area contributed by atoms with E-state index in [9.17, 15) is 9.59 Å². The highest BCUT2D eigenvalue weighted by Crippen LogP contribution is 2.27. The molecular weight excluding hydrogens is 278 g/mol. The second kappa shape index (κ2) is 7.44. The van der Waals surface area contributed by atoms with Crippen molar-refractivity contribution >= 4 is 11.8 Å². The predicted molar refractivity (Wildman–Crippen MR) is 85.4 cm³/mol. The third-order valence-electron chi connectivity index (χ3n) is 5.42. The van der Waals surface area contributed by atoms with Crippen LogP contribution in [0.5, 0.6) is 0 Å². The molecule has 2 saturated heterocycles. The Morgan fingerprint density at radius 3 is 2.41 bits per heavy atom. The summed E-state index contributed by atoms with van der Waals surface area (Å²) in [6.07, 6.45) is 8.81. The normalized spacial score (nSPS) is 27.5. The number of rotatable bonds is 4. The molecule has 2 amide bonds. The molecule has 124 valence electrons. The number of nitrogens with one attached hydrogen (secondary N) is 1. The van der Waals surface area contributed by atoms with Gasteiger partial charge in [-0.2, -0.15) is 0 Å². The summed E-state index contributed by atoms with van der Waals surface area (Å²) in [5, 5.41) is 3.26. The molecule has 2 aliphatic heterocycles. The Labute approximate surface area is 133 Å². The minimum atomic E-state index is -0.301. The van der Waals surface area contributed by atoms with Crippen molar-refractivity contribution in [2.45, 2.75) is 57.4 Å². The van der Waals surface area contributed by atoms with E-state index < -0.39 is 0 Å². The molecule has 5 nitrogen and oxygen atoms in total. The van der Waals surface area contributed by atoms with E-state index in [4.69, 9.17) is 0 Å². The van der Waals surface area contributed by atoms with Crippen molar-refractivity contribution in [2.24, 2.45) is 5.92 Å². The molecule has 0 aromatic heterocycles. The standard InChI is InChI=1S/C17H29N3O2/c21-16(19-9-3-1-2-4-10-19)12-15-17(22)20(11-8-18-15)13-14-6-5-7-14/h14-15,18H,1-13H2. The number of carbonyl (C=O) groups excluding carboxylic acids is 2. The summed E-state index contributed by atoms with van der Waals surface area (Å²) in [5.41, 5.74) is 0. The third kappa shape index (κ3) is 3.80. The Balaban J connectivity index is 1.51. The van der Waals surface area contributed by atoms with Crippen LogP contribution in [0.2, 0.25) is 0 Å². The molecule has 1 N–H and O–H groups in total. The molecule has 0 spiro atoms. The summed E-state index contributed by atoms with van der Waals surface area (Å²) in [6.45, 7) is 4.24. The van der Waals surface area contributed by atoms with Gasteiger partial charge in [0.1, 0.15) is 0 Å². The van der Waals surface area contributed by atoms with E-state index in [2.05, 4.69) is 5.32 Å². The lowest BCUT2D eigenvalue weighted by Crippen LogP contribution is -2.57. The highest BCUT2D eigenvalue weighted by atomic mass is 16.2. The van der Waals surface area contributed by atoms with Crippen LogP contribution in [0.4, 0.5) is 0 Å². The number of nitrogens with zero attached hydrogens (tertiary/aromatic N) is 2. The van der Waals surface area contributed by atoms with Gasteiger partial charge in [-0.25, -0.2) is 0 Å². The molecule has 5 heteroatoms. The first-order chi connectivity index (χ1) is 10.7. The maximum atomic E-state index is 12.6. The molecule has 1 atom stereocenters. The topological polar surface area (TPSA) is 52.7 Å². The van der Waals surface area contributed by atoms with Crippen LogP contribution < -0.4 is 5.32 Å². The fourth-order valence-electron chi connectivity index (χ4n) is 3.74. The van der Waals surface area contributed by atoms with Gasteiger partial charge >= 0.3 is 0 Å². The summed E-state index contributed by atoms with van der Waals surface area (Å²) in [6, 6.07) is -0.301. The van der Waals surface area contributed by atoms with Crippen LogP contribution in [0.25, 0.3) is 0 Å². The van der Waals surface area contributed by atoms with Gasteiger partial charge in [-0.15, -0.1) is 0 Å². The van der Waals surface area contributed by atoms with Gasteiger partial charge in [-0.1, -0.05) is 19.3 Å². The smallest absolute Gasteiger partial charge is 0.240 e. The van der Waals surface area contributed by atoms with Gasteiger partial charge in [0, 0.05) is 32.7 Å². The maximum Gasteiger partial charge on any atom is 0.240 e. The highest BCUT2D eigenvalue weighted by molar-refractivity contribution is 5.89. The first-order valence-corrected chi connectivity index (χ1v) is 9.04. The van der Waals surface area contributed by atoms with Gasteiger partial charge in [-0.05, 0) is 31.6 Å². The van der Waals surface area contributed by atoms with Crippen LogP contribution in [0.15, 0.2) is 0 Å². The van der Waals surface area contributed by atoms with Gasteiger partial charge in [0.2, 0.25) is 11.8 Å². The second-order valence-electron chi connectivity index (χ2n) is 7.09. The Bertz CT molecular complexity index is 401. The molecule has 22 heavy (non-hydrogen) atoms. The highest BCUT2D eigenvalue weighted by Gasteiger charge is 2.33. The van der Waals surface area contributed by atoms with Gasteiger partial charge < -0.3 is 15.1 Å². The minimum absolute atomic E-state index is 0.140. The van der Waals surface area contributed by atoms with Gasteiger partial charge in [0.15, 0.2) is 0 Å². The second-order valence-corrected chi connectivity index (χ2v) is 7.09. The van der Waals surface area contributed by atoms with Crippen LogP contribution in [-0.2, 0) is 9.59 Å². The molecular formula is C17H29N3O2. The lowest BCUT2D eigenvalue weighted by atomic mass is 9.85. The fourth-order valence-corrected chi connectivity index (χ4v) is 3.74. The van der Waals surface area contributed by atoms with E-state index >= 15 is 0 Å². The molecule has 1 saturated carbocycles. The van der Waals surface area contributed by atoms with Gasteiger partial charge in [-0.3, -0.25) is 9.59 Å². The van der Waals surface area contributed by atoms with Crippen LogP contribution in [-0.4, -0.2) is 60.4 Å². The van der Waals surface area contributed by atoms with Crippen molar-refractivity contribution in [3.63, 3.8) is 0 Å². The molecule has 0 aromatic carbocycles. The van der Waals surface area contributed by atoms with E-state index in [-0.39, 0.29) is 17.9 Å². The Morgan fingerprint density at radius 2 is 1.77 bits per heavy atom. The van der Waals surface area contributed by atoms with Crippen LogP contribution in [0.3, 0.4) is 0 Å². The van der Waals surface area contributed by atoms with Crippen LogP contribution in [0, 0.1) is 5.92 Å².